The molecule has 13 heteroatoms. The van der Waals surface area contributed by atoms with Crippen molar-refractivity contribution < 1.29 is 32.6 Å². The van der Waals surface area contributed by atoms with E-state index >= 15 is 0 Å². The number of thiazole rings is 1. The third kappa shape index (κ3) is 8.87. The summed E-state index contributed by atoms with van der Waals surface area (Å²) in [7, 11) is 0. The van der Waals surface area contributed by atoms with Gasteiger partial charge in [0.2, 0.25) is 0 Å². The van der Waals surface area contributed by atoms with Crippen molar-refractivity contribution in [2.45, 2.75) is 63.2 Å². The number of carbonyl (C=O) groups excluding carboxylic acids is 1. The fraction of sp³-hybridized carbons (Fsp3) is 0.433. The first-order valence-corrected chi connectivity index (χ1v) is 15.7. The van der Waals surface area contributed by atoms with E-state index in [1.807, 2.05) is 32.9 Å². The maximum absolute atomic E-state index is 13.1. The van der Waals surface area contributed by atoms with Crippen LogP contribution in [0.25, 0.3) is 10.6 Å². The molecule has 0 saturated carbocycles. The molecule has 2 heterocycles. The molecule has 1 unspecified atom stereocenters. The standard InChI is InChI=1S/C30H35F3N4O4S2/c1-18(2)34-29(40)37-13-11-36(12-14-37)16-24-26(43-27(35-24)21-5-7-22(8-6-21)30(31,32)33)17-42-23-9-10-25(19(3)15-23)41-20(4)28(38)39/h5-10,15,18,20H,11-14,16-17H2,1-4H3,(H,34,40)(H,38,39). The third-order valence-corrected chi connectivity index (χ3v) is 9.20. The first-order valence-electron chi connectivity index (χ1n) is 13.9. The minimum atomic E-state index is -4.41. The Bertz CT molecular complexity index is 1420. The van der Waals surface area contributed by atoms with E-state index in [0.29, 0.717) is 54.8 Å². The third-order valence-electron chi connectivity index (χ3n) is 6.85. The van der Waals surface area contributed by atoms with E-state index in [9.17, 15) is 22.8 Å². The predicted molar refractivity (Wildman–Crippen MR) is 162 cm³/mol. The molecule has 3 aromatic rings. The number of halogens is 3. The van der Waals surface area contributed by atoms with Crippen LogP contribution < -0.4 is 10.1 Å². The molecule has 1 aliphatic heterocycles. The van der Waals surface area contributed by atoms with E-state index in [1.165, 1.54) is 30.4 Å². The van der Waals surface area contributed by atoms with Gasteiger partial charge in [0.15, 0.2) is 6.10 Å². The molecule has 43 heavy (non-hydrogen) atoms. The van der Waals surface area contributed by atoms with Gasteiger partial charge in [-0.15, -0.1) is 23.1 Å². The SMILES string of the molecule is Cc1cc(SCc2sc(-c3ccc(C(F)(F)F)cc3)nc2CN2CCN(C(=O)NC(C)C)CC2)ccc1OC(C)C(=O)O. The van der Waals surface area contributed by atoms with E-state index in [2.05, 4.69) is 10.2 Å². The maximum Gasteiger partial charge on any atom is 0.416 e. The number of urea groups is 1. The largest absolute Gasteiger partial charge is 0.479 e. The highest BCUT2D eigenvalue weighted by atomic mass is 32.2. The maximum atomic E-state index is 13.1. The van der Waals surface area contributed by atoms with Crippen molar-refractivity contribution in [3.8, 4) is 16.3 Å². The summed E-state index contributed by atoms with van der Waals surface area (Å²) in [5.74, 6) is 0.0541. The number of aromatic nitrogens is 1. The highest BCUT2D eigenvalue weighted by Crippen LogP contribution is 2.36. The summed E-state index contributed by atoms with van der Waals surface area (Å²) in [5.41, 5.74) is 1.59. The number of piperazine rings is 1. The Balaban J connectivity index is 1.50. The lowest BCUT2D eigenvalue weighted by molar-refractivity contribution is -0.144. The number of thioether (sulfide) groups is 1. The number of benzene rings is 2. The molecule has 1 aliphatic rings. The normalized spacial score (nSPS) is 15.0. The zero-order valence-corrected chi connectivity index (χ0v) is 26.0. The minimum Gasteiger partial charge on any atom is -0.479 e. The van der Waals surface area contributed by atoms with E-state index in [4.69, 9.17) is 14.8 Å². The van der Waals surface area contributed by atoms with Crippen LogP contribution in [0, 0.1) is 6.92 Å². The molecule has 2 amide bonds. The van der Waals surface area contributed by atoms with Crippen molar-refractivity contribution in [1.29, 1.82) is 0 Å². The van der Waals surface area contributed by atoms with Gasteiger partial charge in [0, 0.05) is 59.9 Å². The molecule has 0 radical (unpaired) electrons. The second-order valence-electron chi connectivity index (χ2n) is 10.6. The average Bonchev–Trinajstić information content (AvgIpc) is 3.35. The summed E-state index contributed by atoms with van der Waals surface area (Å²) < 4.78 is 44.9. The van der Waals surface area contributed by atoms with E-state index in [0.717, 1.165) is 33.2 Å². The number of hydrogen-bond donors (Lipinski definition) is 2. The molecule has 8 nitrogen and oxygen atoms in total. The lowest BCUT2D eigenvalue weighted by Crippen LogP contribution is -2.52. The first kappa shape index (κ1) is 32.6. The van der Waals surface area contributed by atoms with Crippen LogP contribution in [0.4, 0.5) is 18.0 Å². The van der Waals surface area contributed by atoms with Crippen molar-refractivity contribution in [3.05, 3.63) is 64.2 Å². The molecule has 1 aromatic heterocycles. The number of alkyl halides is 3. The second kappa shape index (κ2) is 14.0. The molecular weight excluding hydrogens is 601 g/mol. The molecule has 0 bridgehead atoms. The zero-order valence-electron chi connectivity index (χ0n) is 24.4. The van der Waals surface area contributed by atoms with Gasteiger partial charge in [-0.05, 0) is 63.6 Å². The molecular formula is C30H35F3N4O4S2. The number of hydrogen-bond acceptors (Lipinski definition) is 7. The number of carboxylic acid groups (broad SMARTS) is 1. The van der Waals surface area contributed by atoms with Gasteiger partial charge >= 0.3 is 18.2 Å². The Morgan fingerprint density at radius 3 is 2.35 bits per heavy atom. The van der Waals surface area contributed by atoms with Gasteiger partial charge in [-0.2, -0.15) is 13.2 Å². The highest BCUT2D eigenvalue weighted by molar-refractivity contribution is 7.98. The molecule has 0 aliphatic carbocycles. The highest BCUT2D eigenvalue weighted by Gasteiger charge is 2.30. The van der Waals surface area contributed by atoms with Crippen LogP contribution in [-0.4, -0.2) is 70.2 Å². The van der Waals surface area contributed by atoms with Crippen LogP contribution in [0.5, 0.6) is 5.75 Å². The van der Waals surface area contributed by atoms with Gasteiger partial charge in [-0.3, -0.25) is 4.90 Å². The van der Waals surface area contributed by atoms with Gasteiger partial charge in [0.05, 0.1) is 11.3 Å². The smallest absolute Gasteiger partial charge is 0.416 e. The van der Waals surface area contributed by atoms with E-state index in [1.54, 1.807) is 22.7 Å². The fourth-order valence-corrected chi connectivity index (χ4v) is 6.61. The van der Waals surface area contributed by atoms with Crippen LogP contribution in [0.1, 0.15) is 42.5 Å². The van der Waals surface area contributed by atoms with Crippen molar-refractivity contribution in [3.63, 3.8) is 0 Å². The van der Waals surface area contributed by atoms with E-state index < -0.39 is 23.8 Å². The summed E-state index contributed by atoms with van der Waals surface area (Å²) in [5, 5.41) is 12.7. The predicted octanol–water partition coefficient (Wildman–Crippen LogP) is 6.52. The summed E-state index contributed by atoms with van der Waals surface area (Å²) in [6.45, 7) is 10.3. The monoisotopic (exact) mass is 636 g/mol. The van der Waals surface area contributed by atoms with Crippen LogP contribution in [0.15, 0.2) is 47.4 Å². The Morgan fingerprint density at radius 2 is 1.77 bits per heavy atom. The fourth-order valence-electron chi connectivity index (χ4n) is 4.44. The Morgan fingerprint density at radius 1 is 1.09 bits per heavy atom. The summed E-state index contributed by atoms with van der Waals surface area (Å²) >= 11 is 3.05. The number of amides is 2. The van der Waals surface area contributed by atoms with Crippen LogP contribution in [-0.2, 0) is 23.3 Å². The van der Waals surface area contributed by atoms with Crippen LogP contribution in [0.3, 0.4) is 0 Å². The number of nitrogens with one attached hydrogen (secondary N) is 1. The van der Waals surface area contributed by atoms with Crippen molar-refractivity contribution in [1.82, 2.24) is 20.1 Å². The lowest BCUT2D eigenvalue weighted by atomic mass is 10.1. The Labute approximate surface area is 257 Å². The number of aliphatic carboxylic acids is 1. The number of nitrogens with zero attached hydrogens (tertiary/aromatic N) is 3. The summed E-state index contributed by atoms with van der Waals surface area (Å²) in [4.78, 5) is 34.4. The number of carbonyl (C=O) groups is 2. The lowest BCUT2D eigenvalue weighted by Gasteiger charge is -2.34. The number of carboxylic acids is 1. The van der Waals surface area contributed by atoms with Crippen molar-refractivity contribution >= 4 is 35.1 Å². The molecule has 0 spiro atoms. The zero-order chi connectivity index (χ0) is 31.3. The van der Waals surface area contributed by atoms with Crippen LogP contribution in [0.2, 0.25) is 0 Å². The molecule has 1 fully saturated rings. The average molecular weight is 637 g/mol. The second-order valence-corrected chi connectivity index (χ2v) is 12.8. The molecule has 232 valence electrons. The number of ether oxygens (including phenoxy) is 1. The molecule has 1 atom stereocenters. The molecule has 4 rings (SSSR count). The Hall–Kier alpha value is -3.29. The van der Waals surface area contributed by atoms with Gasteiger partial charge in [-0.1, -0.05) is 12.1 Å². The molecule has 2 aromatic carbocycles. The van der Waals surface area contributed by atoms with E-state index in [-0.39, 0.29) is 12.1 Å². The van der Waals surface area contributed by atoms with Gasteiger partial charge in [0.25, 0.3) is 0 Å². The van der Waals surface area contributed by atoms with Gasteiger partial charge in [0.1, 0.15) is 10.8 Å². The summed E-state index contributed by atoms with van der Waals surface area (Å²) in [6, 6.07) is 10.6. The van der Waals surface area contributed by atoms with Crippen molar-refractivity contribution in [2.24, 2.45) is 0 Å². The first-order chi connectivity index (χ1) is 20.3. The van der Waals surface area contributed by atoms with Crippen LogP contribution >= 0.6 is 23.1 Å². The molecule has 2 N–H and O–H groups in total. The van der Waals surface area contributed by atoms with Crippen molar-refractivity contribution in [2.75, 3.05) is 26.2 Å². The Kier molecular flexibility index (Phi) is 10.6. The summed E-state index contributed by atoms with van der Waals surface area (Å²) in [6.07, 6.45) is -5.38. The van der Waals surface area contributed by atoms with Gasteiger partial charge < -0.3 is 20.1 Å². The number of rotatable bonds is 10. The number of aryl methyl sites for hydroxylation is 1. The minimum absolute atomic E-state index is 0.0602. The topological polar surface area (TPSA) is 95.0 Å². The molecule has 1 saturated heterocycles. The van der Waals surface area contributed by atoms with Gasteiger partial charge in [-0.25, -0.2) is 14.6 Å². The quantitative estimate of drug-likeness (QED) is 0.245.